The van der Waals surface area contributed by atoms with Gasteiger partial charge >= 0.3 is 12.0 Å². The highest BCUT2D eigenvalue weighted by atomic mass is 19.1. The predicted molar refractivity (Wildman–Crippen MR) is 130 cm³/mol. The number of imide groups is 1. The molecule has 3 amide bonds. The van der Waals surface area contributed by atoms with Gasteiger partial charge in [-0.2, -0.15) is 0 Å². The Morgan fingerprint density at radius 3 is 2.25 bits per heavy atom. The van der Waals surface area contributed by atoms with Gasteiger partial charge in [-0.1, -0.05) is 24.3 Å². The fraction of sp³-hybridized carbons (Fsp3) is 0.333. The molecule has 1 N–H and O–H groups in total. The van der Waals surface area contributed by atoms with Gasteiger partial charge in [0, 0.05) is 18.9 Å². The number of halogens is 1. The van der Waals surface area contributed by atoms with Crippen LogP contribution in [0.5, 0.6) is 11.8 Å². The summed E-state index contributed by atoms with van der Waals surface area (Å²) in [4.78, 5) is 37.7. The number of nitrogens with zero attached hydrogens (tertiary/aromatic N) is 4. The lowest BCUT2D eigenvalue weighted by Gasteiger charge is -2.39. The van der Waals surface area contributed by atoms with Crippen LogP contribution in [0, 0.1) is 11.7 Å². The number of aromatic nitrogens is 2. The summed E-state index contributed by atoms with van der Waals surface area (Å²) in [5.74, 6) is 0.161. The zero-order valence-corrected chi connectivity index (χ0v) is 20.1. The smallest absolute Gasteiger partial charge is 0.325 e. The van der Waals surface area contributed by atoms with Crippen LogP contribution in [-0.4, -0.2) is 50.3 Å². The Morgan fingerprint density at radius 2 is 1.58 bits per heavy atom. The van der Waals surface area contributed by atoms with Crippen molar-refractivity contribution in [2.45, 2.75) is 38.4 Å². The van der Waals surface area contributed by atoms with Gasteiger partial charge in [0.05, 0.1) is 6.54 Å². The summed E-state index contributed by atoms with van der Waals surface area (Å²) in [7, 11) is 0. The normalized spacial score (nSPS) is 21.0. The average Bonchev–Trinajstić information content (AvgIpc) is 3.11. The molecule has 9 heteroatoms. The van der Waals surface area contributed by atoms with Gasteiger partial charge in [-0.15, -0.1) is 0 Å². The quantitative estimate of drug-likeness (QED) is 0.502. The first-order valence-electron chi connectivity index (χ1n) is 12.1. The number of piperidine rings is 1. The van der Waals surface area contributed by atoms with Crippen LogP contribution in [0.2, 0.25) is 0 Å². The van der Waals surface area contributed by atoms with Gasteiger partial charge in [0.15, 0.2) is 0 Å². The van der Waals surface area contributed by atoms with E-state index in [9.17, 15) is 14.0 Å². The Kier molecular flexibility index (Phi) is 6.65. The van der Waals surface area contributed by atoms with Crippen molar-refractivity contribution in [3.05, 3.63) is 83.9 Å². The third-order valence-corrected chi connectivity index (χ3v) is 7.04. The summed E-state index contributed by atoms with van der Waals surface area (Å²) < 4.78 is 18.9. The van der Waals surface area contributed by atoms with E-state index in [0.717, 1.165) is 38.0 Å². The topological polar surface area (TPSA) is 87.7 Å². The van der Waals surface area contributed by atoms with Gasteiger partial charge < -0.3 is 10.1 Å². The van der Waals surface area contributed by atoms with Crippen LogP contribution in [0.15, 0.2) is 67.0 Å². The first-order valence-corrected chi connectivity index (χ1v) is 12.1. The van der Waals surface area contributed by atoms with Crippen molar-refractivity contribution in [3.8, 4) is 11.8 Å². The second kappa shape index (κ2) is 10.0. The molecule has 5 rings (SSSR count). The van der Waals surface area contributed by atoms with Crippen molar-refractivity contribution < 1.29 is 18.7 Å². The van der Waals surface area contributed by atoms with Gasteiger partial charge in [0.25, 0.3) is 5.91 Å². The number of ether oxygens (including phenoxy) is 1. The van der Waals surface area contributed by atoms with Crippen LogP contribution in [-0.2, 0) is 17.9 Å². The second-order valence-electron chi connectivity index (χ2n) is 9.48. The van der Waals surface area contributed by atoms with Crippen molar-refractivity contribution in [2.75, 3.05) is 13.1 Å². The van der Waals surface area contributed by atoms with E-state index in [1.165, 1.54) is 17.0 Å². The molecular weight excluding hydrogens is 461 g/mol. The lowest BCUT2D eigenvalue weighted by atomic mass is 9.79. The van der Waals surface area contributed by atoms with Gasteiger partial charge in [-0.25, -0.2) is 19.2 Å². The Labute approximate surface area is 209 Å². The zero-order chi connectivity index (χ0) is 25.1. The minimum atomic E-state index is -0.929. The number of benzene rings is 2. The maximum Gasteiger partial charge on any atom is 0.325 e. The molecular formula is C27H28FN5O3. The van der Waals surface area contributed by atoms with Crippen molar-refractivity contribution in [3.63, 3.8) is 0 Å². The van der Waals surface area contributed by atoms with E-state index in [-0.39, 0.29) is 24.2 Å². The summed E-state index contributed by atoms with van der Waals surface area (Å²) in [5, 5.41) is 2.94. The van der Waals surface area contributed by atoms with Gasteiger partial charge in [0.2, 0.25) is 0 Å². The molecule has 0 saturated carbocycles. The van der Waals surface area contributed by atoms with Crippen molar-refractivity contribution in [1.82, 2.24) is 25.1 Å². The predicted octanol–water partition coefficient (Wildman–Crippen LogP) is 4.13. The Morgan fingerprint density at radius 1 is 0.972 bits per heavy atom. The molecule has 0 spiro atoms. The number of likely N-dealkylation sites (tertiary alicyclic amines) is 1. The molecule has 8 nitrogen and oxygen atoms in total. The maximum atomic E-state index is 13.3. The molecule has 1 aromatic heterocycles. The number of nitrogens with one attached hydrogen (secondary N) is 1. The second-order valence-corrected chi connectivity index (χ2v) is 9.48. The fourth-order valence-corrected chi connectivity index (χ4v) is 4.94. The van der Waals surface area contributed by atoms with Crippen LogP contribution in [0.4, 0.5) is 9.18 Å². The first-order chi connectivity index (χ1) is 17.4. The Bertz CT molecular complexity index is 1210. The molecule has 3 aromatic rings. The Balaban J connectivity index is 1.15. The molecule has 0 aliphatic carbocycles. The summed E-state index contributed by atoms with van der Waals surface area (Å²) >= 11 is 0. The zero-order valence-electron chi connectivity index (χ0n) is 20.1. The average molecular weight is 490 g/mol. The molecule has 2 aliphatic heterocycles. The van der Waals surface area contributed by atoms with Crippen LogP contribution >= 0.6 is 0 Å². The number of amides is 3. The van der Waals surface area contributed by atoms with E-state index in [1.807, 2.05) is 31.2 Å². The van der Waals surface area contributed by atoms with E-state index in [0.29, 0.717) is 17.3 Å². The highest BCUT2D eigenvalue weighted by molar-refractivity contribution is 6.06. The van der Waals surface area contributed by atoms with E-state index in [2.05, 4.69) is 20.2 Å². The lowest BCUT2D eigenvalue weighted by molar-refractivity contribution is -0.133. The lowest BCUT2D eigenvalue weighted by Crippen LogP contribution is -2.53. The molecule has 0 unspecified atom stereocenters. The minimum absolute atomic E-state index is 0.0464. The van der Waals surface area contributed by atoms with Crippen LogP contribution in [0.25, 0.3) is 0 Å². The number of rotatable bonds is 7. The number of urea groups is 1. The number of hydrogen-bond acceptors (Lipinski definition) is 6. The number of carbonyl (C=O) groups is 2. The molecule has 2 fully saturated rings. The molecule has 2 saturated heterocycles. The number of carbonyl (C=O) groups excluding carboxylic acids is 2. The van der Waals surface area contributed by atoms with Crippen LogP contribution in [0.1, 0.15) is 30.9 Å². The molecule has 0 radical (unpaired) electrons. The van der Waals surface area contributed by atoms with E-state index in [1.54, 1.807) is 30.6 Å². The monoisotopic (exact) mass is 489 g/mol. The largest absolute Gasteiger partial charge is 0.424 e. The van der Waals surface area contributed by atoms with Crippen molar-refractivity contribution in [1.29, 1.82) is 0 Å². The third kappa shape index (κ3) is 5.06. The summed E-state index contributed by atoms with van der Waals surface area (Å²) in [5.41, 5.74) is 0.949. The fourth-order valence-electron chi connectivity index (χ4n) is 4.94. The van der Waals surface area contributed by atoms with Crippen LogP contribution < -0.4 is 10.1 Å². The van der Waals surface area contributed by atoms with E-state index < -0.39 is 11.6 Å². The highest BCUT2D eigenvalue weighted by Crippen LogP contribution is 2.34. The summed E-state index contributed by atoms with van der Waals surface area (Å²) in [6, 6.07) is 15.4. The van der Waals surface area contributed by atoms with Gasteiger partial charge in [0.1, 0.15) is 17.1 Å². The molecule has 1 atom stereocenters. The van der Waals surface area contributed by atoms with E-state index >= 15 is 0 Å². The van der Waals surface area contributed by atoms with Crippen LogP contribution in [0.3, 0.4) is 0 Å². The molecule has 186 valence electrons. The summed E-state index contributed by atoms with van der Waals surface area (Å²) in [6.45, 7) is 4.42. The highest BCUT2D eigenvalue weighted by Gasteiger charge is 2.52. The summed E-state index contributed by atoms with van der Waals surface area (Å²) in [6.07, 6.45) is 4.88. The molecule has 2 aliphatic rings. The Hall–Kier alpha value is -3.85. The van der Waals surface area contributed by atoms with Crippen molar-refractivity contribution >= 4 is 11.9 Å². The molecule has 2 aromatic carbocycles. The SMILES string of the molecule is C[C@@]1(C2CCN(Cc3ccc(Oc4ncccn4)cc3)CC2)NC(=O)N(Cc2ccc(F)cc2)C1=O. The standard InChI is InChI=1S/C27H28FN5O3/c1-27(24(34)33(26(35)31-27)18-20-3-7-22(28)8-4-20)21-11-15-32(16-12-21)17-19-5-9-23(10-6-19)36-25-29-13-2-14-30-25/h2-10,13-14,21H,11-12,15-18H2,1H3,(H,31,35)/t27-/m0/s1. The van der Waals surface area contributed by atoms with E-state index in [4.69, 9.17) is 4.74 Å². The molecule has 3 heterocycles. The third-order valence-electron chi connectivity index (χ3n) is 7.04. The van der Waals surface area contributed by atoms with Crippen molar-refractivity contribution in [2.24, 2.45) is 5.92 Å². The maximum absolute atomic E-state index is 13.3. The van der Waals surface area contributed by atoms with Gasteiger partial charge in [-0.05, 0) is 80.2 Å². The molecule has 36 heavy (non-hydrogen) atoms. The number of hydrogen-bond donors (Lipinski definition) is 1. The van der Waals surface area contributed by atoms with Gasteiger partial charge in [-0.3, -0.25) is 14.6 Å². The molecule has 0 bridgehead atoms. The minimum Gasteiger partial charge on any atom is -0.424 e. The first kappa shape index (κ1) is 23.9.